The summed E-state index contributed by atoms with van der Waals surface area (Å²) in [5.41, 5.74) is 1.25. The smallest absolute Gasteiger partial charge is 0.276 e. The Morgan fingerprint density at radius 1 is 1.25 bits per heavy atom. The van der Waals surface area contributed by atoms with Crippen LogP contribution in [0.3, 0.4) is 0 Å². The van der Waals surface area contributed by atoms with Gasteiger partial charge >= 0.3 is 0 Å². The molecule has 1 amide bonds. The van der Waals surface area contributed by atoms with Crippen LogP contribution in [0, 0.1) is 0 Å². The normalized spacial score (nSPS) is 10.5. The molecule has 1 heterocycles. The third-order valence-electron chi connectivity index (χ3n) is 3.15. The predicted molar refractivity (Wildman–Crippen MR) is 77.8 cm³/mol. The number of carbonyl (C=O) groups excluding carboxylic acids is 1. The summed E-state index contributed by atoms with van der Waals surface area (Å²) in [6, 6.07) is 9.58. The number of hydrogen-bond acceptors (Lipinski definition) is 3. The summed E-state index contributed by atoms with van der Waals surface area (Å²) in [5.74, 6) is -0.0527. The van der Waals surface area contributed by atoms with Crippen molar-refractivity contribution in [3.05, 3.63) is 42.2 Å². The van der Waals surface area contributed by atoms with Crippen LogP contribution < -0.4 is 0 Å². The van der Waals surface area contributed by atoms with Crippen LogP contribution in [0.5, 0.6) is 0 Å². The van der Waals surface area contributed by atoms with E-state index in [9.17, 15) is 4.79 Å². The summed E-state index contributed by atoms with van der Waals surface area (Å²) in [5, 5.41) is 8.43. The Morgan fingerprint density at radius 3 is 2.65 bits per heavy atom. The number of para-hydroxylation sites is 1. The minimum absolute atomic E-state index is 0.0527. The molecule has 5 nitrogen and oxygen atoms in total. The van der Waals surface area contributed by atoms with E-state index in [0.29, 0.717) is 12.2 Å². The molecule has 1 aromatic carbocycles. The van der Waals surface area contributed by atoms with Gasteiger partial charge in [-0.05, 0) is 25.5 Å². The number of unbranched alkanes of at least 4 members (excludes halogenated alkanes) is 1. The van der Waals surface area contributed by atoms with Crippen LogP contribution in [-0.2, 0) is 0 Å². The molecule has 0 aliphatic heterocycles. The first-order valence-corrected chi connectivity index (χ1v) is 7.03. The van der Waals surface area contributed by atoms with Crippen molar-refractivity contribution in [3.8, 4) is 5.69 Å². The highest BCUT2D eigenvalue weighted by molar-refractivity contribution is 5.91. The predicted octanol–water partition coefficient (Wildman–Crippen LogP) is 2.53. The molecule has 0 aliphatic rings. The van der Waals surface area contributed by atoms with Gasteiger partial charge in [0.05, 0.1) is 11.9 Å². The maximum atomic E-state index is 12.3. The minimum atomic E-state index is -0.0527. The van der Waals surface area contributed by atoms with Crippen LogP contribution in [0.1, 0.15) is 37.2 Å². The second kappa shape index (κ2) is 6.84. The first-order chi connectivity index (χ1) is 9.76. The van der Waals surface area contributed by atoms with E-state index in [1.807, 2.05) is 42.2 Å². The molecular weight excluding hydrogens is 252 g/mol. The van der Waals surface area contributed by atoms with Crippen molar-refractivity contribution in [2.24, 2.45) is 0 Å². The van der Waals surface area contributed by atoms with Crippen LogP contribution in [0.2, 0.25) is 0 Å². The van der Waals surface area contributed by atoms with E-state index in [-0.39, 0.29) is 5.91 Å². The summed E-state index contributed by atoms with van der Waals surface area (Å²) >= 11 is 0. The number of carbonyl (C=O) groups is 1. The number of aromatic nitrogens is 3. The van der Waals surface area contributed by atoms with Gasteiger partial charge in [-0.1, -0.05) is 31.5 Å². The fraction of sp³-hybridized carbons (Fsp3) is 0.400. The minimum Gasteiger partial charge on any atom is -0.337 e. The lowest BCUT2D eigenvalue weighted by Gasteiger charge is -2.18. The van der Waals surface area contributed by atoms with Crippen LogP contribution in [-0.4, -0.2) is 38.9 Å². The molecule has 0 aliphatic carbocycles. The van der Waals surface area contributed by atoms with Crippen molar-refractivity contribution in [3.63, 3.8) is 0 Å². The number of benzene rings is 1. The summed E-state index contributed by atoms with van der Waals surface area (Å²) in [4.78, 5) is 15.6. The molecule has 20 heavy (non-hydrogen) atoms. The van der Waals surface area contributed by atoms with Gasteiger partial charge in [0.25, 0.3) is 5.91 Å². The van der Waals surface area contributed by atoms with Gasteiger partial charge in [0.15, 0.2) is 5.69 Å². The zero-order chi connectivity index (χ0) is 14.4. The monoisotopic (exact) mass is 272 g/mol. The Hall–Kier alpha value is -2.17. The number of rotatable bonds is 6. The van der Waals surface area contributed by atoms with Gasteiger partial charge < -0.3 is 4.90 Å². The van der Waals surface area contributed by atoms with Crippen molar-refractivity contribution in [2.75, 3.05) is 13.1 Å². The zero-order valence-corrected chi connectivity index (χ0v) is 12.0. The van der Waals surface area contributed by atoms with Crippen LogP contribution in [0.25, 0.3) is 5.69 Å². The van der Waals surface area contributed by atoms with E-state index in [0.717, 1.165) is 25.1 Å². The van der Waals surface area contributed by atoms with Crippen molar-refractivity contribution >= 4 is 5.91 Å². The van der Waals surface area contributed by atoms with Crippen LogP contribution in [0.15, 0.2) is 36.5 Å². The van der Waals surface area contributed by atoms with Gasteiger partial charge in [0.2, 0.25) is 0 Å². The van der Waals surface area contributed by atoms with Crippen molar-refractivity contribution in [2.45, 2.75) is 26.7 Å². The van der Waals surface area contributed by atoms with Crippen LogP contribution >= 0.6 is 0 Å². The highest BCUT2D eigenvalue weighted by atomic mass is 16.2. The second-order valence-corrected chi connectivity index (χ2v) is 4.59. The molecule has 0 saturated carbocycles. The van der Waals surface area contributed by atoms with Gasteiger partial charge in [-0.25, -0.2) is 0 Å². The number of nitrogens with zero attached hydrogens (tertiary/aromatic N) is 4. The lowest BCUT2D eigenvalue weighted by molar-refractivity contribution is 0.0756. The van der Waals surface area contributed by atoms with Gasteiger partial charge in [0.1, 0.15) is 0 Å². The summed E-state index contributed by atoms with van der Waals surface area (Å²) < 4.78 is 0. The van der Waals surface area contributed by atoms with Gasteiger partial charge in [-0.15, -0.1) is 5.10 Å². The van der Waals surface area contributed by atoms with Gasteiger partial charge in [0, 0.05) is 13.1 Å². The molecule has 0 fully saturated rings. The lowest BCUT2D eigenvalue weighted by atomic mass is 10.3. The highest BCUT2D eigenvalue weighted by Gasteiger charge is 2.17. The molecule has 0 unspecified atom stereocenters. The maximum Gasteiger partial charge on any atom is 0.276 e. The van der Waals surface area contributed by atoms with Crippen molar-refractivity contribution in [1.29, 1.82) is 0 Å². The van der Waals surface area contributed by atoms with E-state index in [4.69, 9.17) is 0 Å². The average Bonchev–Trinajstić information content (AvgIpc) is 2.98. The Morgan fingerprint density at radius 2 is 2.00 bits per heavy atom. The van der Waals surface area contributed by atoms with E-state index in [2.05, 4.69) is 17.1 Å². The molecule has 0 atom stereocenters. The molecule has 0 spiro atoms. The topological polar surface area (TPSA) is 51.0 Å². The number of amides is 1. The van der Waals surface area contributed by atoms with Crippen molar-refractivity contribution < 1.29 is 4.79 Å². The Labute approximate surface area is 119 Å². The highest BCUT2D eigenvalue weighted by Crippen LogP contribution is 2.07. The third kappa shape index (κ3) is 3.23. The molecule has 2 rings (SSSR count). The van der Waals surface area contributed by atoms with E-state index >= 15 is 0 Å². The van der Waals surface area contributed by atoms with E-state index in [1.54, 1.807) is 0 Å². The second-order valence-electron chi connectivity index (χ2n) is 4.59. The number of hydrogen-bond donors (Lipinski definition) is 0. The quantitative estimate of drug-likeness (QED) is 0.812. The molecule has 2 aromatic rings. The average molecular weight is 272 g/mol. The van der Waals surface area contributed by atoms with Crippen LogP contribution in [0.4, 0.5) is 0 Å². The molecular formula is C15H20N4O. The van der Waals surface area contributed by atoms with Gasteiger partial charge in [-0.2, -0.15) is 9.90 Å². The molecule has 106 valence electrons. The standard InChI is InChI=1S/C15H20N4O/c1-3-5-11-18(4-2)15(20)14-12-16-19(17-14)13-9-7-6-8-10-13/h6-10,12H,3-5,11H2,1-2H3. The van der Waals surface area contributed by atoms with E-state index in [1.165, 1.54) is 11.0 Å². The Bertz CT molecular complexity index is 550. The molecule has 0 radical (unpaired) electrons. The fourth-order valence-electron chi connectivity index (χ4n) is 1.96. The first kappa shape index (κ1) is 14.2. The summed E-state index contributed by atoms with van der Waals surface area (Å²) in [6.45, 7) is 5.56. The zero-order valence-electron chi connectivity index (χ0n) is 12.0. The first-order valence-electron chi connectivity index (χ1n) is 7.03. The molecule has 0 saturated heterocycles. The SMILES string of the molecule is CCCCN(CC)C(=O)c1cnn(-c2ccccc2)n1. The van der Waals surface area contributed by atoms with Gasteiger partial charge in [-0.3, -0.25) is 4.79 Å². The Balaban J connectivity index is 2.13. The molecule has 1 aromatic heterocycles. The fourth-order valence-corrected chi connectivity index (χ4v) is 1.96. The molecule has 5 heteroatoms. The Kier molecular flexibility index (Phi) is 4.87. The molecule has 0 N–H and O–H groups in total. The third-order valence-corrected chi connectivity index (χ3v) is 3.15. The molecule has 0 bridgehead atoms. The maximum absolute atomic E-state index is 12.3. The lowest BCUT2D eigenvalue weighted by Crippen LogP contribution is -2.32. The summed E-state index contributed by atoms with van der Waals surface area (Å²) in [7, 11) is 0. The van der Waals surface area contributed by atoms with Crippen molar-refractivity contribution in [1.82, 2.24) is 19.9 Å². The largest absolute Gasteiger partial charge is 0.337 e. The van der Waals surface area contributed by atoms with E-state index < -0.39 is 0 Å². The summed E-state index contributed by atoms with van der Waals surface area (Å²) in [6.07, 6.45) is 3.61.